The third-order valence-electron chi connectivity index (χ3n) is 6.05. The highest BCUT2D eigenvalue weighted by atomic mass is 19.1. The maximum Gasteiger partial charge on any atom is 0.251 e. The van der Waals surface area contributed by atoms with E-state index in [2.05, 4.69) is 42.5 Å². The summed E-state index contributed by atoms with van der Waals surface area (Å²) < 4.78 is 13.1. The summed E-state index contributed by atoms with van der Waals surface area (Å²) in [6, 6.07) is 11.0. The quantitative estimate of drug-likeness (QED) is 0.627. The van der Waals surface area contributed by atoms with E-state index in [0.717, 1.165) is 6.42 Å². The van der Waals surface area contributed by atoms with E-state index >= 15 is 0 Å². The molecule has 1 aliphatic carbocycles. The van der Waals surface area contributed by atoms with Gasteiger partial charge in [0.25, 0.3) is 5.91 Å². The number of allylic oxidation sites excluding steroid dienone is 1. The number of pyridine rings is 1. The molecule has 1 heterocycles. The van der Waals surface area contributed by atoms with Gasteiger partial charge in [-0.05, 0) is 73.4 Å². The van der Waals surface area contributed by atoms with Crippen LogP contribution in [0.3, 0.4) is 0 Å². The Morgan fingerprint density at radius 3 is 2.55 bits per heavy atom. The standard InChI is InChI=1S/C25H30FN3O2/c1-16(2)22-13-19(14-24(30)29-23-6-4-5-11-27-23)17(3)12-20(22)15-28-25(31)18-7-9-21(26)10-8-18/h4-12,16,19-20,22H,13-15H2,1-3H3,(H,28,31)(H,27,29,30)/t19-,20-,22-/m0/s1. The van der Waals surface area contributed by atoms with Crippen LogP contribution in [0.25, 0.3) is 0 Å². The lowest BCUT2D eigenvalue weighted by Gasteiger charge is -2.37. The van der Waals surface area contributed by atoms with Crippen LogP contribution in [0.15, 0.2) is 60.3 Å². The molecule has 0 aliphatic heterocycles. The average Bonchev–Trinajstić information content (AvgIpc) is 2.74. The lowest BCUT2D eigenvalue weighted by Crippen LogP contribution is -2.37. The fraction of sp³-hybridized carbons (Fsp3) is 0.400. The monoisotopic (exact) mass is 423 g/mol. The Kier molecular flexibility index (Phi) is 7.55. The largest absolute Gasteiger partial charge is 0.351 e. The minimum absolute atomic E-state index is 0.0398. The number of aromatic nitrogens is 1. The van der Waals surface area contributed by atoms with E-state index in [1.807, 2.05) is 12.1 Å². The van der Waals surface area contributed by atoms with Crippen molar-refractivity contribution < 1.29 is 14.0 Å². The molecule has 164 valence electrons. The van der Waals surface area contributed by atoms with Crippen LogP contribution in [0.5, 0.6) is 0 Å². The summed E-state index contributed by atoms with van der Waals surface area (Å²) in [6.45, 7) is 6.94. The molecule has 6 heteroatoms. The summed E-state index contributed by atoms with van der Waals surface area (Å²) in [5.41, 5.74) is 1.62. The zero-order chi connectivity index (χ0) is 22.4. The zero-order valence-corrected chi connectivity index (χ0v) is 18.3. The van der Waals surface area contributed by atoms with Gasteiger partial charge in [-0.2, -0.15) is 0 Å². The predicted molar refractivity (Wildman–Crippen MR) is 120 cm³/mol. The lowest BCUT2D eigenvalue weighted by molar-refractivity contribution is -0.117. The smallest absolute Gasteiger partial charge is 0.251 e. The lowest BCUT2D eigenvalue weighted by atomic mass is 9.69. The minimum atomic E-state index is -0.361. The van der Waals surface area contributed by atoms with Gasteiger partial charge in [0.1, 0.15) is 11.6 Å². The van der Waals surface area contributed by atoms with Gasteiger partial charge in [0, 0.05) is 24.7 Å². The van der Waals surface area contributed by atoms with E-state index in [9.17, 15) is 14.0 Å². The molecule has 1 aromatic carbocycles. The first-order valence-corrected chi connectivity index (χ1v) is 10.8. The SMILES string of the molecule is CC1=C[C@@H](CNC(=O)c2ccc(F)cc2)[C@H](C(C)C)C[C@H]1CC(=O)Nc1ccccn1. The molecule has 1 aliphatic rings. The molecule has 1 aromatic heterocycles. The van der Waals surface area contributed by atoms with Crippen LogP contribution in [0, 0.1) is 29.5 Å². The number of nitrogens with zero attached hydrogens (tertiary/aromatic N) is 1. The van der Waals surface area contributed by atoms with Crippen LogP contribution < -0.4 is 10.6 Å². The first-order chi connectivity index (χ1) is 14.8. The van der Waals surface area contributed by atoms with Gasteiger partial charge in [-0.3, -0.25) is 9.59 Å². The van der Waals surface area contributed by atoms with Gasteiger partial charge < -0.3 is 10.6 Å². The molecule has 0 spiro atoms. The van der Waals surface area contributed by atoms with E-state index < -0.39 is 0 Å². The number of hydrogen-bond acceptors (Lipinski definition) is 3. The molecule has 3 atom stereocenters. The Morgan fingerprint density at radius 2 is 1.90 bits per heavy atom. The minimum Gasteiger partial charge on any atom is -0.351 e. The normalized spacial score (nSPS) is 20.8. The number of benzene rings is 1. The zero-order valence-electron chi connectivity index (χ0n) is 18.3. The Hall–Kier alpha value is -3.02. The van der Waals surface area contributed by atoms with Crippen molar-refractivity contribution in [3.63, 3.8) is 0 Å². The second-order valence-corrected chi connectivity index (χ2v) is 8.60. The summed E-state index contributed by atoms with van der Waals surface area (Å²) in [5.74, 6) is 1.09. The van der Waals surface area contributed by atoms with Gasteiger partial charge in [0.2, 0.25) is 5.91 Å². The third-order valence-corrected chi connectivity index (χ3v) is 6.05. The van der Waals surface area contributed by atoms with Gasteiger partial charge >= 0.3 is 0 Å². The third kappa shape index (κ3) is 6.23. The van der Waals surface area contributed by atoms with Crippen molar-refractivity contribution in [1.29, 1.82) is 0 Å². The van der Waals surface area contributed by atoms with Crippen molar-refractivity contribution in [1.82, 2.24) is 10.3 Å². The van der Waals surface area contributed by atoms with Crippen molar-refractivity contribution in [3.8, 4) is 0 Å². The van der Waals surface area contributed by atoms with Crippen LogP contribution in [0.2, 0.25) is 0 Å². The summed E-state index contributed by atoms with van der Waals surface area (Å²) in [6.07, 6.45) is 5.17. The predicted octanol–water partition coefficient (Wildman–Crippen LogP) is 4.83. The van der Waals surface area contributed by atoms with Crippen LogP contribution in [0.4, 0.5) is 10.2 Å². The van der Waals surface area contributed by atoms with E-state index in [1.165, 1.54) is 29.8 Å². The number of hydrogen-bond donors (Lipinski definition) is 2. The van der Waals surface area contributed by atoms with Crippen LogP contribution >= 0.6 is 0 Å². The number of amides is 2. The van der Waals surface area contributed by atoms with Crippen LogP contribution in [0.1, 0.15) is 44.0 Å². The molecule has 0 saturated carbocycles. The molecule has 3 rings (SSSR count). The van der Waals surface area contributed by atoms with E-state index in [-0.39, 0.29) is 29.5 Å². The number of halogens is 1. The van der Waals surface area contributed by atoms with Gasteiger partial charge in [-0.15, -0.1) is 0 Å². The molecule has 5 nitrogen and oxygen atoms in total. The number of carbonyl (C=O) groups is 2. The highest BCUT2D eigenvalue weighted by Gasteiger charge is 2.32. The molecule has 0 radical (unpaired) electrons. The molecule has 0 unspecified atom stereocenters. The molecule has 0 fully saturated rings. The summed E-state index contributed by atoms with van der Waals surface area (Å²) in [5, 5.41) is 5.85. The summed E-state index contributed by atoms with van der Waals surface area (Å²) >= 11 is 0. The Morgan fingerprint density at radius 1 is 1.16 bits per heavy atom. The summed E-state index contributed by atoms with van der Waals surface area (Å²) in [7, 11) is 0. The van der Waals surface area contributed by atoms with Gasteiger partial charge in [-0.1, -0.05) is 31.6 Å². The van der Waals surface area contributed by atoms with E-state index in [1.54, 1.807) is 12.3 Å². The molecule has 2 N–H and O–H groups in total. The van der Waals surface area contributed by atoms with Crippen molar-refractivity contribution in [2.45, 2.75) is 33.6 Å². The highest BCUT2D eigenvalue weighted by Crippen LogP contribution is 2.38. The molecule has 2 amide bonds. The first-order valence-electron chi connectivity index (χ1n) is 10.8. The van der Waals surface area contributed by atoms with E-state index in [0.29, 0.717) is 36.2 Å². The topological polar surface area (TPSA) is 71.1 Å². The fourth-order valence-corrected chi connectivity index (χ4v) is 4.28. The summed E-state index contributed by atoms with van der Waals surface area (Å²) in [4.78, 5) is 29.1. The highest BCUT2D eigenvalue weighted by molar-refractivity contribution is 5.94. The number of nitrogens with one attached hydrogen (secondary N) is 2. The van der Waals surface area contributed by atoms with Crippen molar-refractivity contribution >= 4 is 17.6 Å². The number of rotatable bonds is 7. The van der Waals surface area contributed by atoms with Crippen LogP contribution in [-0.4, -0.2) is 23.3 Å². The molecule has 31 heavy (non-hydrogen) atoms. The van der Waals surface area contributed by atoms with Gasteiger partial charge in [-0.25, -0.2) is 9.37 Å². The molecular weight excluding hydrogens is 393 g/mol. The average molecular weight is 424 g/mol. The Labute approximate surface area is 183 Å². The Bertz CT molecular complexity index is 926. The fourth-order valence-electron chi connectivity index (χ4n) is 4.28. The maximum absolute atomic E-state index is 13.1. The Balaban J connectivity index is 1.62. The number of carbonyl (C=O) groups excluding carboxylic acids is 2. The molecule has 0 saturated heterocycles. The van der Waals surface area contributed by atoms with Gasteiger partial charge in [0.05, 0.1) is 0 Å². The number of anilines is 1. The second-order valence-electron chi connectivity index (χ2n) is 8.60. The van der Waals surface area contributed by atoms with Gasteiger partial charge in [0.15, 0.2) is 0 Å². The van der Waals surface area contributed by atoms with Crippen molar-refractivity contribution in [2.75, 3.05) is 11.9 Å². The molecular formula is C25H30FN3O2. The van der Waals surface area contributed by atoms with E-state index in [4.69, 9.17) is 0 Å². The molecule has 2 aromatic rings. The first kappa shape index (κ1) is 22.7. The molecule has 0 bridgehead atoms. The van der Waals surface area contributed by atoms with Crippen molar-refractivity contribution in [2.24, 2.45) is 23.7 Å². The maximum atomic E-state index is 13.1. The second kappa shape index (κ2) is 10.3. The van der Waals surface area contributed by atoms with Crippen LogP contribution in [-0.2, 0) is 4.79 Å². The van der Waals surface area contributed by atoms with Crippen molar-refractivity contribution in [3.05, 3.63) is 71.7 Å².